The second kappa shape index (κ2) is 8.06. The molecule has 1 aromatic carbocycles. The fourth-order valence-electron chi connectivity index (χ4n) is 1.75. The largest absolute Gasteiger partial charge is 0.497 e. The molecule has 110 valence electrons. The molecule has 0 spiro atoms. The Morgan fingerprint density at radius 3 is 2.86 bits per heavy atom. The van der Waals surface area contributed by atoms with E-state index in [-0.39, 0.29) is 0 Å². The van der Waals surface area contributed by atoms with Gasteiger partial charge in [0.2, 0.25) is 0 Å². The van der Waals surface area contributed by atoms with Crippen molar-refractivity contribution in [3.8, 4) is 5.75 Å². The van der Waals surface area contributed by atoms with Crippen molar-refractivity contribution in [2.24, 2.45) is 0 Å². The number of hydrogen-bond donors (Lipinski definition) is 3. The molecule has 0 aliphatic carbocycles. The van der Waals surface area contributed by atoms with Gasteiger partial charge in [0.05, 0.1) is 19.9 Å². The first-order valence-electron chi connectivity index (χ1n) is 6.67. The summed E-state index contributed by atoms with van der Waals surface area (Å²) in [4.78, 5) is 3.11. The maximum absolute atomic E-state index is 5.25. The third-order valence-electron chi connectivity index (χ3n) is 2.76. The smallest absolute Gasteiger partial charge is 0.272 e. The molecule has 0 fully saturated rings. The molecule has 1 heterocycles. The van der Waals surface area contributed by atoms with Crippen LogP contribution >= 0.6 is 12.2 Å². The van der Waals surface area contributed by atoms with Gasteiger partial charge in [0.25, 0.3) is 5.82 Å². The van der Waals surface area contributed by atoms with Gasteiger partial charge in [-0.1, -0.05) is 12.1 Å². The second-order valence-electron chi connectivity index (χ2n) is 4.32. The maximum atomic E-state index is 5.25. The Morgan fingerprint density at radius 1 is 1.19 bits per heavy atom. The first-order chi connectivity index (χ1) is 10.3. The SMILES string of the molecule is COc1cccc(NC(=S)NCCNc2cccc[nH+]2)c1. The minimum absolute atomic E-state index is 0.585. The summed E-state index contributed by atoms with van der Waals surface area (Å²) in [6.45, 7) is 1.49. The molecule has 0 radical (unpaired) electrons. The van der Waals surface area contributed by atoms with E-state index in [1.807, 2.05) is 48.7 Å². The highest BCUT2D eigenvalue weighted by molar-refractivity contribution is 7.80. The van der Waals surface area contributed by atoms with Gasteiger partial charge in [-0.3, -0.25) is 5.32 Å². The molecular weight excluding hydrogens is 284 g/mol. The van der Waals surface area contributed by atoms with Crippen LogP contribution in [-0.2, 0) is 0 Å². The van der Waals surface area contributed by atoms with Crippen molar-refractivity contribution in [1.82, 2.24) is 5.32 Å². The number of aromatic nitrogens is 1. The predicted molar refractivity (Wildman–Crippen MR) is 88.7 cm³/mol. The van der Waals surface area contributed by atoms with E-state index >= 15 is 0 Å². The number of anilines is 2. The first kappa shape index (κ1) is 15.1. The number of pyridine rings is 1. The molecule has 0 aliphatic rings. The van der Waals surface area contributed by atoms with Crippen LogP contribution in [0, 0.1) is 0 Å². The zero-order chi connectivity index (χ0) is 14.9. The Kier molecular flexibility index (Phi) is 5.78. The van der Waals surface area contributed by atoms with Crippen LogP contribution in [0.15, 0.2) is 48.7 Å². The number of benzene rings is 1. The normalized spacial score (nSPS) is 9.76. The third kappa shape index (κ3) is 5.27. The molecule has 0 saturated carbocycles. The van der Waals surface area contributed by atoms with Crippen LogP contribution in [0.4, 0.5) is 11.5 Å². The summed E-state index contributed by atoms with van der Waals surface area (Å²) in [6, 6.07) is 13.5. The van der Waals surface area contributed by atoms with Crippen molar-refractivity contribution in [1.29, 1.82) is 0 Å². The van der Waals surface area contributed by atoms with Gasteiger partial charge in [-0.05, 0) is 30.4 Å². The summed E-state index contributed by atoms with van der Waals surface area (Å²) in [7, 11) is 1.64. The number of hydrogen-bond acceptors (Lipinski definition) is 3. The van der Waals surface area contributed by atoms with Crippen LogP contribution in [0.1, 0.15) is 0 Å². The topological polar surface area (TPSA) is 59.5 Å². The highest BCUT2D eigenvalue weighted by Gasteiger charge is 2.01. The lowest BCUT2D eigenvalue weighted by Crippen LogP contribution is -2.33. The Hall–Kier alpha value is -2.34. The summed E-state index contributed by atoms with van der Waals surface area (Å²) in [5, 5.41) is 10.1. The van der Waals surface area contributed by atoms with Crippen LogP contribution < -0.4 is 25.7 Å². The van der Waals surface area contributed by atoms with Gasteiger partial charge in [0.1, 0.15) is 12.3 Å². The minimum atomic E-state index is 0.585. The Morgan fingerprint density at radius 2 is 2.10 bits per heavy atom. The lowest BCUT2D eigenvalue weighted by atomic mass is 10.3. The molecule has 0 atom stereocenters. The molecular formula is C15H19N4OS+. The van der Waals surface area contributed by atoms with E-state index in [2.05, 4.69) is 20.9 Å². The van der Waals surface area contributed by atoms with E-state index in [1.54, 1.807) is 7.11 Å². The van der Waals surface area contributed by atoms with Crippen molar-refractivity contribution in [2.75, 3.05) is 30.8 Å². The number of methoxy groups -OCH3 is 1. The van der Waals surface area contributed by atoms with Crippen molar-refractivity contribution in [2.45, 2.75) is 0 Å². The van der Waals surface area contributed by atoms with Gasteiger partial charge in [-0.25, -0.2) is 4.98 Å². The third-order valence-corrected chi connectivity index (χ3v) is 3.01. The van der Waals surface area contributed by atoms with Crippen LogP contribution in [0.3, 0.4) is 0 Å². The molecule has 6 heteroatoms. The molecule has 0 amide bonds. The van der Waals surface area contributed by atoms with Crippen molar-refractivity contribution in [3.63, 3.8) is 0 Å². The van der Waals surface area contributed by atoms with Crippen LogP contribution in [0.25, 0.3) is 0 Å². The van der Waals surface area contributed by atoms with Crippen molar-refractivity contribution < 1.29 is 9.72 Å². The molecule has 0 aliphatic heterocycles. The molecule has 21 heavy (non-hydrogen) atoms. The summed E-state index contributed by atoms with van der Waals surface area (Å²) in [5.41, 5.74) is 0.899. The predicted octanol–water partition coefficient (Wildman–Crippen LogP) is 1.91. The zero-order valence-electron chi connectivity index (χ0n) is 11.8. The van der Waals surface area contributed by atoms with Crippen LogP contribution in [0.2, 0.25) is 0 Å². The number of H-pyrrole nitrogens is 1. The van der Waals surface area contributed by atoms with Crippen molar-refractivity contribution in [3.05, 3.63) is 48.7 Å². The van der Waals surface area contributed by atoms with Crippen LogP contribution in [-0.4, -0.2) is 25.3 Å². The first-order valence-corrected chi connectivity index (χ1v) is 7.08. The summed E-state index contributed by atoms with van der Waals surface area (Å²) < 4.78 is 5.17. The molecule has 0 saturated heterocycles. The standard InChI is InChI=1S/C15H18N4OS/c1-20-13-6-4-5-12(11-13)19-15(21)18-10-9-17-14-7-2-3-8-16-14/h2-8,11H,9-10H2,1H3,(H,16,17)(H2,18,19,21)/p+1. The fourth-order valence-corrected chi connectivity index (χ4v) is 1.97. The Balaban J connectivity index is 1.70. The molecule has 0 bridgehead atoms. The maximum Gasteiger partial charge on any atom is 0.272 e. The minimum Gasteiger partial charge on any atom is -0.497 e. The molecule has 2 aromatic rings. The van der Waals surface area contributed by atoms with Crippen molar-refractivity contribution >= 4 is 28.8 Å². The van der Waals surface area contributed by atoms with Gasteiger partial charge in [-0.15, -0.1) is 0 Å². The average Bonchev–Trinajstić information content (AvgIpc) is 2.53. The van der Waals surface area contributed by atoms with Gasteiger partial charge in [0, 0.05) is 17.8 Å². The van der Waals surface area contributed by atoms with E-state index in [9.17, 15) is 0 Å². The number of rotatable bonds is 6. The van der Waals surface area contributed by atoms with E-state index in [4.69, 9.17) is 17.0 Å². The number of aromatic amines is 1. The second-order valence-corrected chi connectivity index (χ2v) is 4.72. The molecule has 2 rings (SSSR count). The monoisotopic (exact) mass is 303 g/mol. The lowest BCUT2D eigenvalue weighted by molar-refractivity contribution is -0.361. The lowest BCUT2D eigenvalue weighted by Gasteiger charge is -2.10. The highest BCUT2D eigenvalue weighted by Crippen LogP contribution is 2.16. The Labute approximate surface area is 129 Å². The Bertz CT molecular complexity index is 577. The average molecular weight is 303 g/mol. The van der Waals surface area contributed by atoms with E-state index in [0.717, 1.165) is 30.3 Å². The molecule has 5 nitrogen and oxygen atoms in total. The molecule has 1 aromatic heterocycles. The highest BCUT2D eigenvalue weighted by atomic mass is 32.1. The zero-order valence-corrected chi connectivity index (χ0v) is 12.7. The van der Waals surface area contributed by atoms with Gasteiger partial charge in [0.15, 0.2) is 5.11 Å². The van der Waals surface area contributed by atoms with Gasteiger partial charge >= 0.3 is 0 Å². The quantitative estimate of drug-likeness (QED) is 0.562. The van der Waals surface area contributed by atoms with Gasteiger partial charge in [-0.2, -0.15) is 0 Å². The van der Waals surface area contributed by atoms with Gasteiger partial charge < -0.3 is 15.4 Å². The van der Waals surface area contributed by atoms with E-state index in [1.165, 1.54) is 0 Å². The number of nitrogens with one attached hydrogen (secondary N) is 4. The van der Waals surface area contributed by atoms with E-state index < -0.39 is 0 Å². The molecule has 4 N–H and O–H groups in total. The fraction of sp³-hybridized carbons (Fsp3) is 0.200. The molecule has 0 unspecified atom stereocenters. The van der Waals surface area contributed by atoms with Crippen LogP contribution in [0.5, 0.6) is 5.75 Å². The summed E-state index contributed by atoms with van der Waals surface area (Å²) >= 11 is 5.25. The van der Waals surface area contributed by atoms with E-state index in [0.29, 0.717) is 5.11 Å². The summed E-state index contributed by atoms with van der Waals surface area (Å²) in [6.07, 6.45) is 1.88. The summed E-state index contributed by atoms with van der Waals surface area (Å²) in [5.74, 6) is 1.77. The number of thiocarbonyl (C=S) groups is 1. The number of ether oxygens (including phenoxy) is 1.